The Balaban J connectivity index is 1.61. The van der Waals surface area contributed by atoms with E-state index in [-0.39, 0.29) is 5.82 Å². The van der Waals surface area contributed by atoms with Crippen molar-refractivity contribution in [3.8, 4) is 6.07 Å². The Bertz CT molecular complexity index is 1040. The molecule has 0 bridgehead atoms. The van der Waals surface area contributed by atoms with Gasteiger partial charge >= 0.3 is 5.97 Å². The molecule has 1 fully saturated rings. The number of piperazine rings is 1. The highest BCUT2D eigenvalue weighted by Gasteiger charge is 2.24. The van der Waals surface area contributed by atoms with E-state index >= 15 is 0 Å². The van der Waals surface area contributed by atoms with E-state index in [2.05, 4.69) is 30.8 Å². The third-order valence-corrected chi connectivity index (χ3v) is 5.34. The van der Waals surface area contributed by atoms with Crippen molar-refractivity contribution in [2.45, 2.75) is 0 Å². The lowest BCUT2D eigenvalue weighted by molar-refractivity contribution is 0.0587. The maximum atomic E-state index is 11.9. The first-order valence-corrected chi connectivity index (χ1v) is 9.28. The standard InChI is InChI=1S/C18H16N6O2S/c1-26-18(25)15-21-13-4-10-27-14(13)17(22-15)24-8-6-23(7-9-24)16-12(11-19)3-2-5-20-16/h2-5,10H,6-9H2,1H3. The number of rotatable bonds is 3. The van der Waals surface area contributed by atoms with Gasteiger partial charge in [0.2, 0.25) is 5.82 Å². The van der Waals surface area contributed by atoms with Crippen LogP contribution in [0, 0.1) is 11.3 Å². The predicted molar refractivity (Wildman–Crippen MR) is 102 cm³/mol. The second kappa shape index (κ2) is 7.17. The topological polar surface area (TPSA) is 95.2 Å². The monoisotopic (exact) mass is 380 g/mol. The number of nitrogens with zero attached hydrogens (tertiary/aromatic N) is 6. The average molecular weight is 380 g/mol. The highest BCUT2D eigenvalue weighted by Crippen LogP contribution is 2.30. The quantitative estimate of drug-likeness (QED) is 0.637. The molecule has 4 rings (SSSR count). The molecule has 0 saturated carbocycles. The first-order valence-electron chi connectivity index (χ1n) is 8.40. The molecule has 0 N–H and O–H groups in total. The fourth-order valence-electron chi connectivity index (χ4n) is 3.11. The van der Waals surface area contributed by atoms with E-state index in [4.69, 9.17) is 4.74 Å². The Labute approximate surface area is 159 Å². The van der Waals surface area contributed by atoms with Crippen molar-refractivity contribution in [2.24, 2.45) is 0 Å². The molecular formula is C18H16N6O2S. The molecule has 0 atom stereocenters. The molecule has 0 spiro atoms. The van der Waals surface area contributed by atoms with Crippen LogP contribution >= 0.6 is 11.3 Å². The summed E-state index contributed by atoms with van der Waals surface area (Å²) in [5.74, 6) is 0.975. The van der Waals surface area contributed by atoms with E-state index in [9.17, 15) is 10.1 Å². The lowest BCUT2D eigenvalue weighted by atomic mass is 10.2. The zero-order valence-electron chi connectivity index (χ0n) is 14.6. The van der Waals surface area contributed by atoms with Crippen LogP contribution in [-0.2, 0) is 4.74 Å². The van der Waals surface area contributed by atoms with E-state index in [1.807, 2.05) is 11.4 Å². The summed E-state index contributed by atoms with van der Waals surface area (Å²) in [6.07, 6.45) is 1.70. The predicted octanol–water partition coefficient (Wildman–Crippen LogP) is 2.07. The number of ether oxygens (including phenoxy) is 1. The molecule has 27 heavy (non-hydrogen) atoms. The zero-order valence-corrected chi connectivity index (χ0v) is 15.4. The van der Waals surface area contributed by atoms with E-state index in [1.165, 1.54) is 7.11 Å². The van der Waals surface area contributed by atoms with Crippen LogP contribution < -0.4 is 9.80 Å². The summed E-state index contributed by atoms with van der Waals surface area (Å²) < 4.78 is 5.73. The summed E-state index contributed by atoms with van der Waals surface area (Å²) in [7, 11) is 1.32. The molecule has 8 nitrogen and oxygen atoms in total. The largest absolute Gasteiger partial charge is 0.463 e. The molecule has 3 aromatic heterocycles. The van der Waals surface area contributed by atoms with Gasteiger partial charge < -0.3 is 14.5 Å². The lowest BCUT2D eigenvalue weighted by Gasteiger charge is -2.36. The van der Waals surface area contributed by atoms with Gasteiger partial charge in [-0.2, -0.15) is 5.26 Å². The van der Waals surface area contributed by atoms with Crippen LogP contribution in [0.4, 0.5) is 11.6 Å². The molecule has 4 heterocycles. The van der Waals surface area contributed by atoms with Crippen LogP contribution in [-0.4, -0.2) is 54.2 Å². The highest BCUT2D eigenvalue weighted by molar-refractivity contribution is 7.17. The molecule has 9 heteroatoms. The van der Waals surface area contributed by atoms with Crippen molar-refractivity contribution in [2.75, 3.05) is 43.1 Å². The Morgan fingerprint density at radius 2 is 1.93 bits per heavy atom. The molecule has 0 unspecified atom stereocenters. The Morgan fingerprint density at radius 3 is 2.63 bits per heavy atom. The number of carbonyl (C=O) groups excluding carboxylic acids is 1. The van der Waals surface area contributed by atoms with Gasteiger partial charge in [-0.3, -0.25) is 0 Å². The molecule has 1 aliphatic heterocycles. The van der Waals surface area contributed by atoms with Crippen LogP contribution in [0.5, 0.6) is 0 Å². The van der Waals surface area contributed by atoms with Crippen molar-refractivity contribution in [1.82, 2.24) is 15.0 Å². The van der Waals surface area contributed by atoms with E-state index in [0.29, 0.717) is 37.6 Å². The summed E-state index contributed by atoms with van der Waals surface area (Å²) in [5, 5.41) is 11.2. The van der Waals surface area contributed by atoms with Gasteiger partial charge in [-0.25, -0.2) is 19.7 Å². The molecular weight excluding hydrogens is 364 g/mol. The number of carbonyl (C=O) groups is 1. The van der Waals surface area contributed by atoms with Crippen molar-refractivity contribution in [1.29, 1.82) is 5.26 Å². The van der Waals surface area contributed by atoms with Gasteiger partial charge in [-0.1, -0.05) is 0 Å². The number of methoxy groups -OCH3 is 1. The second-order valence-electron chi connectivity index (χ2n) is 5.96. The Kier molecular flexibility index (Phi) is 4.56. The van der Waals surface area contributed by atoms with Gasteiger partial charge in [0.05, 0.1) is 22.9 Å². The summed E-state index contributed by atoms with van der Waals surface area (Å²) in [6.45, 7) is 2.81. The fourth-order valence-corrected chi connectivity index (χ4v) is 3.96. The first kappa shape index (κ1) is 17.2. The summed E-state index contributed by atoms with van der Waals surface area (Å²) in [4.78, 5) is 29.3. The highest BCUT2D eigenvalue weighted by atomic mass is 32.1. The minimum absolute atomic E-state index is 0.0670. The van der Waals surface area contributed by atoms with Gasteiger partial charge in [-0.15, -0.1) is 11.3 Å². The number of pyridine rings is 1. The number of hydrogen-bond donors (Lipinski definition) is 0. The average Bonchev–Trinajstić information content (AvgIpc) is 3.21. The van der Waals surface area contributed by atoms with E-state index < -0.39 is 5.97 Å². The maximum absolute atomic E-state index is 11.9. The number of fused-ring (bicyclic) bond motifs is 1. The first-order chi connectivity index (χ1) is 13.2. The van der Waals surface area contributed by atoms with Crippen molar-refractivity contribution < 1.29 is 9.53 Å². The van der Waals surface area contributed by atoms with Crippen LogP contribution in [0.1, 0.15) is 16.2 Å². The van der Waals surface area contributed by atoms with E-state index in [0.717, 1.165) is 16.0 Å². The zero-order chi connectivity index (χ0) is 18.8. The van der Waals surface area contributed by atoms with Crippen LogP contribution in [0.15, 0.2) is 29.8 Å². The van der Waals surface area contributed by atoms with Gasteiger partial charge in [0.1, 0.15) is 11.9 Å². The van der Waals surface area contributed by atoms with Gasteiger partial charge in [0, 0.05) is 32.4 Å². The molecule has 1 saturated heterocycles. The number of nitriles is 1. The second-order valence-corrected chi connectivity index (χ2v) is 6.87. The van der Waals surface area contributed by atoms with Crippen LogP contribution in [0.25, 0.3) is 10.2 Å². The van der Waals surface area contributed by atoms with Crippen molar-refractivity contribution in [3.63, 3.8) is 0 Å². The third kappa shape index (κ3) is 3.15. The number of esters is 1. The molecule has 0 radical (unpaired) electrons. The van der Waals surface area contributed by atoms with Gasteiger partial charge in [0.15, 0.2) is 5.82 Å². The molecule has 1 aliphatic rings. The summed E-state index contributed by atoms with van der Waals surface area (Å²) in [5.41, 5.74) is 1.31. The molecule has 0 amide bonds. The summed E-state index contributed by atoms with van der Waals surface area (Å²) >= 11 is 1.55. The number of thiophene rings is 1. The normalized spacial score (nSPS) is 14.2. The van der Waals surface area contributed by atoms with Crippen LogP contribution in [0.3, 0.4) is 0 Å². The Morgan fingerprint density at radius 1 is 1.19 bits per heavy atom. The Hall–Kier alpha value is -3.25. The molecule has 0 aromatic carbocycles. The van der Waals surface area contributed by atoms with Crippen molar-refractivity contribution in [3.05, 3.63) is 41.2 Å². The SMILES string of the molecule is COC(=O)c1nc(N2CCN(c3ncccc3C#N)CC2)c2sccc2n1. The minimum Gasteiger partial charge on any atom is -0.463 e. The van der Waals surface area contributed by atoms with Gasteiger partial charge in [-0.05, 0) is 23.6 Å². The number of anilines is 2. The molecule has 3 aromatic rings. The van der Waals surface area contributed by atoms with E-state index in [1.54, 1.807) is 29.7 Å². The number of hydrogen-bond acceptors (Lipinski definition) is 9. The third-order valence-electron chi connectivity index (χ3n) is 4.44. The van der Waals surface area contributed by atoms with Crippen LogP contribution in [0.2, 0.25) is 0 Å². The van der Waals surface area contributed by atoms with Crippen molar-refractivity contribution >= 4 is 39.2 Å². The summed E-state index contributed by atoms with van der Waals surface area (Å²) in [6, 6.07) is 7.61. The van der Waals surface area contributed by atoms with Gasteiger partial charge in [0.25, 0.3) is 0 Å². The fraction of sp³-hybridized carbons (Fsp3) is 0.278. The minimum atomic E-state index is -0.546. The molecule has 136 valence electrons. The maximum Gasteiger partial charge on any atom is 0.376 e. The lowest BCUT2D eigenvalue weighted by Crippen LogP contribution is -2.47. The number of aromatic nitrogens is 3. The smallest absolute Gasteiger partial charge is 0.376 e. The molecule has 0 aliphatic carbocycles.